The number of hydrogen-bond acceptors (Lipinski definition) is 4. The van der Waals surface area contributed by atoms with E-state index in [1.54, 1.807) is 11.8 Å². The molecule has 2 aromatic rings. The third-order valence-electron chi connectivity index (χ3n) is 2.32. The largest absolute Gasteiger partial charge is 0.481 e. The molecule has 2 rings (SSSR count). The lowest BCUT2D eigenvalue weighted by atomic mass is 10.2. The van der Waals surface area contributed by atoms with Gasteiger partial charge in [0.05, 0.1) is 12.1 Å². The van der Waals surface area contributed by atoms with Gasteiger partial charge in [0.2, 0.25) is 0 Å². The second kappa shape index (κ2) is 6.02. The third kappa shape index (κ3) is 3.34. The minimum Gasteiger partial charge on any atom is -0.481 e. The van der Waals surface area contributed by atoms with Crippen molar-refractivity contribution in [3.63, 3.8) is 0 Å². The Morgan fingerprint density at radius 3 is 2.72 bits per heavy atom. The van der Waals surface area contributed by atoms with Gasteiger partial charge in [-0.25, -0.2) is 4.98 Å². The van der Waals surface area contributed by atoms with E-state index in [0.29, 0.717) is 5.01 Å². The quantitative estimate of drug-likeness (QED) is 0.850. The maximum Gasteiger partial charge on any atom is 0.310 e. The smallest absolute Gasteiger partial charge is 0.310 e. The molecule has 94 valence electrons. The van der Waals surface area contributed by atoms with Gasteiger partial charge in [-0.3, -0.25) is 4.79 Å². The number of aromatic nitrogens is 1. The molecule has 0 aliphatic heterocycles. The number of benzene rings is 1. The Balaban J connectivity index is 2.15. The molecule has 3 nitrogen and oxygen atoms in total. The first kappa shape index (κ1) is 13.1. The van der Waals surface area contributed by atoms with E-state index in [1.807, 2.05) is 17.5 Å². The zero-order valence-corrected chi connectivity index (χ0v) is 11.6. The Labute approximate surface area is 114 Å². The second-order valence-electron chi connectivity index (χ2n) is 3.65. The summed E-state index contributed by atoms with van der Waals surface area (Å²) in [7, 11) is 0. The number of carboxylic acid groups (broad SMARTS) is 1. The van der Waals surface area contributed by atoms with E-state index in [4.69, 9.17) is 5.11 Å². The zero-order chi connectivity index (χ0) is 13.0. The van der Waals surface area contributed by atoms with E-state index in [0.717, 1.165) is 17.0 Å². The number of aliphatic carboxylic acids is 1. The standard InChI is InChI=1S/C13H13NO2S2/c1-2-17-10-5-3-9(4-6-10)11-8-18-12(14-11)7-13(15)16/h3-6,8H,2,7H2,1H3,(H,15,16). The summed E-state index contributed by atoms with van der Waals surface area (Å²) in [5, 5.41) is 11.3. The molecule has 1 N–H and O–H groups in total. The fourth-order valence-corrected chi connectivity index (χ4v) is 3.00. The van der Waals surface area contributed by atoms with Crippen LogP contribution in [0.4, 0.5) is 0 Å². The van der Waals surface area contributed by atoms with E-state index < -0.39 is 5.97 Å². The Bertz CT molecular complexity index is 534. The van der Waals surface area contributed by atoms with E-state index in [1.165, 1.54) is 16.2 Å². The van der Waals surface area contributed by atoms with Crippen LogP contribution in [-0.2, 0) is 11.2 Å². The number of rotatable bonds is 5. The van der Waals surface area contributed by atoms with Gasteiger partial charge in [-0.1, -0.05) is 19.1 Å². The van der Waals surface area contributed by atoms with Crippen molar-refractivity contribution in [2.45, 2.75) is 18.2 Å². The summed E-state index contributed by atoms with van der Waals surface area (Å²) in [5.41, 5.74) is 1.88. The molecule has 0 radical (unpaired) electrons. The van der Waals surface area contributed by atoms with Gasteiger partial charge < -0.3 is 5.11 Å². The Morgan fingerprint density at radius 2 is 2.11 bits per heavy atom. The lowest BCUT2D eigenvalue weighted by molar-refractivity contribution is -0.136. The molecule has 0 atom stereocenters. The van der Waals surface area contributed by atoms with Crippen LogP contribution in [0.5, 0.6) is 0 Å². The molecule has 0 aliphatic carbocycles. The number of carbonyl (C=O) groups is 1. The van der Waals surface area contributed by atoms with Gasteiger partial charge in [0.15, 0.2) is 0 Å². The van der Waals surface area contributed by atoms with Gasteiger partial charge in [0, 0.05) is 15.8 Å². The highest BCUT2D eigenvalue weighted by molar-refractivity contribution is 7.99. The molecule has 1 aromatic heterocycles. The molecule has 0 saturated carbocycles. The van der Waals surface area contributed by atoms with E-state index in [-0.39, 0.29) is 6.42 Å². The van der Waals surface area contributed by atoms with Gasteiger partial charge in [-0.15, -0.1) is 23.1 Å². The molecule has 0 unspecified atom stereocenters. The first-order valence-corrected chi connectivity index (χ1v) is 7.45. The van der Waals surface area contributed by atoms with Crippen LogP contribution in [0.2, 0.25) is 0 Å². The van der Waals surface area contributed by atoms with Gasteiger partial charge in [0.1, 0.15) is 5.01 Å². The number of hydrogen-bond donors (Lipinski definition) is 1. The lowest BCUT2D eigenvalue weighted by Gasteiger charge is -2.00. The number of thioether (sulfide) groups is 1. The molecule has 0 saturated heterocycles. The van der Waals surface area contributed by atoms with Crippen molar-refractivity contribution >= 4 is 29.1 Å². The average molecular weight is 279 g/mol. The third-order valence-corrected chi connectivity index (χ3v) is 4.06. The van der Waals surface area contributed by atoms with Gasteiger partial charge in [-0.05, 0) is 17.9 Å². The molecule has 0 bridgehead atoms. The Hall–Kier alpha value is -1.33. The minimum atomic E-state index is -0.842. The van der Waals surface area contributed by atoms with Crippen LogP contribution in [0.1, 0.15) is 11.9 Å². The minimum absolute atomic E-state index is 0.00552. The summed E-state index contributed by atoms with van der Waals surface area (Å²) in [6, 6.07) is 8.19. The normalized spacial score (nSPS) is 10.5. The monoisotopic (exact) mass is 279 g/mol. The lowest BCUT2D eigenvalue weighted by Crippen LogP contribution is -1.99. The molecule has 0 aliphatic rings. The fourth-order valence-electron chi connectivity index (χ4n) is 1.54. The molecule has 1 heterocycles. The Morgan fingerprint density at radius 1 is 1.39 bits per heavy atom. The van der Waals surface area contributed by atoms with Gasteiger partial charge in [0.25, 0.3) is 0 Å². The van der Waals surface area contributed by atoms with Crippen molar-refractivity contribution < 1.29 is 9.90 Å². The maximum atomic E-state index is 10.6. The molecule has 0 fully saturated rings. The van der Waals surface area contributed by atoms with E-state index in [9.17, 15) is 4.79 Å². The maximum absolute atomic E-state index is 10.6. The van der Waals surface area contributed by atoms with Crippen LogP contribution in [0.3, 0.4) is 0 Å². The van der Waals surface area contributed by atoms with Crippen molar-refractivity contribution in [3.8, 4) is 11.3 Å². The highest BCUT2D eigenvalue weighted by Gasteiger charge is 2.07. The highest BCUT2D eigenvalue weighted by Crippen LogP contribution is 2.25. The van der Waals surface area contributed by atoms with Gasteiger partial charge >= 0.3 is 5.97 Å². The molecule has 0 amide bonds. The summed E-state index contributed by atoms with van der Waals surface area (Å²) < 4.78 is 0. The number of nitrogens with zero attached hydrogens (tertiary/aromatic N) is 1. The summed E-state index contributed by atoms with van der Waals surface area (Å²) in [6.07, 6.45) is -0.00552. The van der Waals surface area contributed by atoms with Crippen LogP contribution in [0.25, 0.3) is 11.3 Å². The summed E-state index contributed by atoms with van der Waals surface area (Å²) >= 11 is 3.19. The molecular weight excluding hydrogens is 266 g/mol. The second-order valence-corrected chi connectivity index (χ2v) is 5.93. The zero-order valence-electron chi connectivity index (χ0n) is 9.92. The fraction of sp³-hybridized carbons (Fsp3) is 0.231. The van der Waals surface area contributed by atoms with E-state index >= 15 is 0 Å². The highest BCUT2D eigenvalue weighted by atomic mass is 32.2. The predicted octanol–water partition coefficient (Wildman–Crippen LogP) is 3.55. The first-order valence-electron chi connectivity index (χ1n) is 5.58. The van der Waals surface area contributed by atoms with E-state index in [2.05, 4.69) is 24.0 Å². The number of carboxylic acids is 1. The van der Waals surface area contributed by atoms with Crippen molar-refractivity contribution in [2.75, 3.05) is 5.75 Å². The van der Waals surface area contributed by atoms with Crippen molar-refractivity contribution in [3.05, 3.63) is 34.7 Å². The van der Waals surface area contributed by atoms with Crippen molar-refractivity contribution in [2.24, 2.45) is 0 Å². The summed E-state index contributed by atoms with van der Waals surface area (Å²) in [5.74, 6) is 0.212. The summed E-state index contributed by atoms with van der Waals surface area (Å²) in [4.78, 5) is 16.2. The van der Waals surface area contributed by atoms with Gasteiger partial charge in [-0.2, -0.15) is 0 Å². The molecular formula is C13H13NO2S2. The molecule has 1 aromatic carbocycles. The number of thiazole rings is 1. The topological polar surface area (TPSA) is 50.2 Å². The summed E-state index contributed by atoms with van der Waals surface area (Å²) in [6.45, 7) is 2.12. The van der Waals surface area contributed by atoms with Crippen LogP contribution < -0.4 is 0 Å². The van der Waals surface area contributed by atoms with Crippen LogP contribution >= 0.6 is 23.1 Å². The molecule has 0 spiro atoms. The predicted molar refractivity (Wildman–Crippen MR) is 75.3 cm³/mol. The molecule has 5 heteroatoms. The van der Waals surface area contributed by atoms with Crippen molar-refractivity contribution in [1.82, 2.24) is 4.98 Å². The van der Waals surface area contributed by atoms with Crippen molar-refractivity contribution in [1.29, 1.82) is 0 Å². The van der Waals surface area contributed by atoms with Crippen LogP contribution in [0, 0.1) is 0 Å². The SMILES string of the molecule is CCSc1ccc(-c2csc(CC(=O)O)n2)cc1. The van der Waals surface area contributed by atoms with Crippen LogP contribution in [0.15, 0.2) is 34.5 Å². The molecule has 18 heavy (non-hydrogen) atoms. The van der Waals surface area contributed by atoms with Crippen LogP contribution in [-0.4, -0.2) is 21.8 Å². The first-order chi connectivity index (χ1) is 8.69. The Kier molecular flexibility index (Phi) is 4.38. The average Bonchev–Trinajstić information content (AvgIpc) is 2.78.